The van der Waals surface area contributed by atoms with E-state index in [1.807, 2.05) is 42.5 Å². The van der Waals surface area contributed by atoms with E-state index in [9.17, 15) is 0 Å². The van der Waals surface area contributed by atoms with Gasteiger partial charge in [-0.3, -0.25) is 4.57 Å². The molecule has 0 atom stereocenters. The van der Waals surface area contributed by atoms with Crippen molar-refractivity contribution in [3.05, 3.63) is 157 Å². The van der Waals surface area contributed by atoms with Gasteiger partial charge in [-0.1, -0.05) is 96.6 Å². The maximum atomic E-state index is 6.47. The average Bonchev–Trinajstić information content (AvgIpc) is 3.86. The van der Waals surface area contributed by atoms with Crippen LogP contribution in [0.5, 0.6) is 0 Å². The number of aromatic nitrogens is 4. The largest absolute Gasteiger partial charge is 0.456 e. The summed E-state index contributed by atoms with van der Waals surface area (Å²) in [7, 11) is 0. The van der Waals surface area contributed by atoms with E-state index >= 15 is 0 Å². The molecule has 0 spiro atoms. The Balaban J connectivity index is 1.06. The normalized spacial score (nSPS) is 11.9. The van der Waals surface area contributed by atoms with Crippen molar-refractivity contribution in [2.24, 2.45) is 0 Å². The molecule has 244 valence electrons. The smallest absolute Gasteiger partial charge is 0.238 e. The highest BCUT2D eigenvalue weighted by atomic mass is 16.3. The SMILES string of the molecule is Cc1cccc(-c2nc(-c3ccc4c(c3)oc3ccc(-c5ccc6c(c5)oc5ccccc56)cc34)nc(-n3c4ccccc4c4ccccc43)n2)c1. The quantitative estimate of drug-likeness (QED) is 0.187. The van der Waals surface area contributed by atoms with Crippen LogP contribution in [0.15, 0.2) is 160 Å². The van der Waals surface area contributed by atoms with Crippen LogP contribution in [-0.4, -0.2) is 19.5 Å². The maximum absolute atomic E-state index is 6.47. The minimum absolute atomic E-state index is 0.565. The molecule has 0 aliphatic heterocycles. The lowest BCUT2D eigenvalue weighted by atomic mass is 10.0. The van der Waals surface area contributed by atoms with Crippen molar-refractivity contribution >= 4 is 65.7 Å². The zero-order valence-electron chi connectivity index (χ0n) is 28.0. The Morgan fingerprint density at radius 3 is 1.65 bits per heavy atom. The van der Waals surface area contributed by atoms with E-state index in [4.69, 9.17) is 23.8 Å². The van der Waals surface area contributed by atoms with E-state index in [0.717, 1.165) is 93.5 Å². The van der Waals surface area contributed by atoms with Crippen molar-refractivity contribution < 1.29 is 8.83 Å². The van der Waals surface area contributed by atoms with E-state index in [0.29, 0.717) is 17.6 Å². The lowest BCUT2D eigenvalue weighted by molar-refractivity contribution is 0.669. The number of rotatable bonds is 4. The number of hydrogen-bond donors (Lipinski definition) is 0. The molecule has 0 aliphatic rings. The minimum atomic E-state index is 0.565. The second kappa shape index (κ2) is 11.0. The average molecular weight is 669 g/mol. The predicted octanol–water partition coefficient (Wildman–Crippen LogP) is 12.1. The molecule has 0 amide bonds. The number of para-hydroxylation sites is 3. The number of furan rings is 2. The summed E-state index contributed by atoms with van der Waals surface area (Å²) in [5.41, 5.74) is 10.6. The van der Waals surface area contributed by atoms with E-state index in [-0.39, 0.29) is 0 Å². The monoisotopic (exact) mass is 668 g/mol. The van der Waals surface area contributed by atoms with Crippen molar-refractivity contribution in [3.8, 4) is 39.9 Å². The summed E-state index contributed by atoms with van der Waals surface area (Å²) >= 11 is 0. The molecule has 0 radical (unpaired) electrons. The molecule has 0 bridgehead atoms. The van der Waals surface area contributed by atoms with Crippen LogP contribution in [0.1, 0.15) is 5.56 Å². The van der Waals surface area contributed by atoms with Crippen LogP contribution in [-0.2, 0) is 0 Å². The number of benzene rings is 7. The fourth-order valence-electron chi connectivity index (χ4n) is 7.65. The molecule has 11 rings (SSSR count). The first-order valence-corrected chi connectivity index (χ1v) is 17.3. The first-order valence-electron chi connectivity index (χ1n) is 17.3. The summed E-state index contributed by atoms with van der Waals surface area (Å²) in [6, 6.07) is 52.2. The van der Waals surface area contributed by atoms with Crippen LogP contribution >= 0.6 is 0 Å². The first-order chi connectivity index (χ1) is 25.6. The molecule has 4 aromatic heterocycles. The van der Waals surface area contributed by atoms with Crippen LogP contribution in [0.25, 0.3) is 106 Å². The standard InChI is InChI=1S/C46H28N4O2/c1-27-9-8-10-30(23-27)44-47-45(49-46(48-44)50-38-14-5-2-11-32(38)33-12-3-6-15-39(33)50)31-18-21-36-37-24-28(19-22-41(37)52-43(36)26-31)29-17-20-35-34-13-4-7-16-40(34)51-42(35)25-29/h2-26H,1H3. The van der Waals surface area contributed by atoms with Gasteiger partial charge >= 0.3 is 0 Å². The molecule has 0 unspecified atom stereocenters. The number of aryl methyl sites for hydroxylation is 1. The van der Waals surface area contributed by atoms with Crippen LogP contribution in [0.4, 0.5) is 0 Å². The number of nitrogens with zero attached hydrogens (tertiary/aromatic N) is 4. The van der Waals surface area contributed by atoms with Gasteiger partial charge in [0.25, 0.3) is 0 Å². The Morgan fingerprint density at radius 1 is 0.385 bits per heavy atom. The van der Waals surface area contributed by atoms with Gasteiger partial charge < -0.3 is 8.83 Å². The highest BCUT2D eigenvalue weighted by Gasteiger charge is 2.19. The van der Waals surface area contributed by atoms with Crippen molar-refractivity contribution in [2.75, 3.05) is 0 Å². The summed E-state index contributed by atoms with van der Waals surface area (Å²) in [6.45, 7) is 2.08. The molecule has 4 heterocycles. The molecular formula is C46H28N4O2. The third-order valence-corrected chi connectivity index (χ3v) is 10.1. The Bertz CT molecular complexity index is 3170. The molecule has 6 heteroatoms. The summed E-state index contributed by atoms with van der Waals surface area (Å²) in [4.78, 5) is 15.3. The highest BCUT2D eigenvalue weighted by Crippen LogP contribution is 2.37. The van der Waals surface area contributed by atoms with Crippen molar-refractivity contribution in [3.63, 3.8) is 0 Å². The summed E-state index contributed by atoms with van der Waals surface area (Å²) < 4.78 is 14.8. The number of fused-ring (bicyclic) bond motifs is 9. The summed E-state index contributed by atoms with van der Waals surface area (Å²) in [6.07, 6.45) is 0. The molecule has 0 fully saturated rings. The highest BCUT2D eigenvalue weighted by molar-refractivity contribution is 6.10. The molecule has 52 heavy (non-hydrogen) atoms. The molecule has 0 aliphatic carbocycles. The zero-order valence-corrected chi connectivity index (χ0v) is 28.0. The van der Waals surface area contributed by atoms with Gasteiger partial charge in [-0.2, -0.15) is 9.97 Å². The number of hydrogen-bond acceptors (Lipinski definition) is 5. The lowest BCUT2D eigenvalue weighted by Crippen LogP contribution is -2.06. The third-order valence-electron chi connectivity index (χ3n) is 10.1. The van der Waals surface area contributed by atoms with E-state index in [2.05, 4.69) is 121 Å². The van der Waals surface area contributed by atoms with Crippen molar-refractivity contribution in [1.29, 1.82) is 0 Å². The molecular weight excluding hydrogens is 641 g/mol. The van der Waals surface area contributed by atoms with Gasteiger partial charge in [-0.05, 0) is 78.7 Å². The fourth-order valence-corrected chi connectivity index (χ4v) is 7.65. The molecule has 6 nitrogen and oxygen atoms in total. The lowest BCUT2D eigenvalue weighted by Gasteiger charge is -2.11. The van der Waals surface area contributed by atoms with Gasteiger partial charge in [-0.15, -0.1) is 0 Å². The van der Waals surface area contributed by atoms with E-state index < -0.39 is 0 Å². The minimum Gasteiger partial charge on any atom is -0.456 e. The van der Waals surface area contributed by atoms with E-state index in [1.54, 1.807) is 0 Å². The second-order valence-electron chi connectivity index (χ2n) is 13.4. The van der Waals surface area contributed by atoms with Crippen LogP contribution < -0.4 is 0 Å². The summed E-state index contributed by atoms with van der Waals surface area (Å²) in [5.74, 6) is 1.75. The summed E-state index contributed by atoms with van der Waals surface area (Å²) in [5, 5.41) is 6.62. The molecule has 0 saturated heterocycles. The first kappa shape index (κ1) is 28.8. The van der Waals surface area contributed by atoms with Gasteiger partial charge in [-0.25, -0.2) is 4.98 Å². The van der Waals surface area contributed by atoms with Crippen molar-refractivity contribution in [2.45, 2.75) is 6.92 Å². The van der Waals surface area contributed by atoms with Crippen LogP contribution in [0.2, 0.25) is 0 Å². The third kappa shape index (κ3) is 4.41. The Labute approximate surface area is 297 Å². The Hall–Kier alpha value is -7.05. The predicted molar refractivity (Wildman–Crippen MR) is 210 cm³/mol. The molecule has 11 aromatic rings. The Morgan fingerprint density at radius 2 is 0.923 bits per heavy atom. The molecule has 0 N–H and O–H groups in total. The molecule has 0 saturated carbocycles. The van der Waals surface area contributed by atoms with Gasteiger partial charge in [0.1, 0.15) is 22.3 Å². The Kier molecular flexibility index (Phi) is 6.07. The van der Waals surface area contributed by atoms with Gasteiger partial charge in [0.15, 0.2) is 11.6 Å². The van der Waals surface area contributed by atoms with Gasteiger partial charge in [0.05, 0.1) is 11.0 Å². The topological polar surface area (TPSA) is 69.9 Å². The van der Waals surface area contributed by atoms with Crippen molar-refractivity contribution in [1.82, 2.24) is 19.5 Å². The van der Waals surface area contributed by atoms with Gasteiger partial charge in [0, 0.05) is 43.4 Å². The van der Waals surface area contributed by atoms with E-state index in [1.165, 1.54) is 0 Å². The fraction of sp³-hybridized carbons (Fsp3) is 0.0217. The molecule has 7 aromatic carbocycles. The second-order valence-corrected chi connectivity index (χ2v) is 13.4. The maximum Gasteiger partial charge on any atom is 0.238 e. The zero-order chi connectivity index (χ0) is 34.3. The van der Waals surface area contributed by atoms with Crippen LogP contribution in [0.3, 0.4) is 0 Å². The van der Waals surface area contributed by atoms with Crippen LogP contribution in [0, 0.1) is 6.92 Å². The van der Waals surface area contributed by atoms with Gasteiger partial charge in [0.2, 0.25) is 5.95 Å².